The molecule has 1 aromatic carbocycles. The fourth-order valence-corrected chi connectivity index (χ4v) is 1.87. The van der Waals surface area contributed by atoms with Crippen molar-refractivity contribution in [3.63, 3.8) is 0 Å². The minimum Gasteiger partial charge on any atom is -0.399 e. The summed E-state index contributed by atoms with van der Waals surface area (Å²) in [6.45, 7) is 2.04. The molecule has 0 heterocycles. The van der Waals surface area contributed by atoms with E-state index in [1.54, 1.807) is 24.3 Å². The largest absolute Gasteiger partial charge is 0.399 e. The van der Waals surface area contributed by atoms with Crippen LogP contribution in [-0.2, 0) is 0 Å². The molecule has 0 aromatic heterocycles. The fraction of sp³-hybridized carbons (Fsp3) is 0.462. The minimum absolute atomic E-state index is 0.150. The van der Waals surface area contributed by atoms with Crippen LogP contribution in [0.25, 0.3) is 0 Å². The number of carbonyl (C=O) groups excluding carboxylic acids is 1. The Balaban J connectivity index is 1.77. The molecule has 1 aliphatic carbocycles. The number of nitrogen functional groups attached to an aromatic ring is 1. The van der Waals surface area contributed by atoms with Gasteiger partial charge in [-0.3, -0.25) is 0 Å². The van der Waals surface area contributed by atoms with Crippen LogP contribution in [0, 0.1) is 5.92 Å². The molecule has 0 radical (unpaired) electrons. The van der Waals surface area contributed by atoms with E-state index < -0.39 is 0 Å². The zero-order chi connectivity index (χ0) is 12.3. The van der Waals surface area contributed by atoms with Gasteiger partial charge in [-0.2, -0.15) is 0 Å². The SMILES string of the molecule is CC(CC1CC1)NC(=O)Nc1ccc(N)cc1. The van der Waals surface area contributed by atoms with Gasteiger partial charge in [0.15, 0.2) is 0 Å². The fourth-order valence-electron chi connectivity index (χ4n) is 1.87. The smallest absolute Gasteiger partial charge is 0.319 e. The van der Waals surface area contributed by atoms with Crippen LogP contribution < -0.4 is 16.4 Å². The summed E-state index contributed by atoms with van der Waals surface area (Å²) in [5, 5.41) is 5.72. The molecule has 17 heavy (non-hydrogen) atoms. The molecule has 92 valence electrons. The molecule has 1 aliphatic rings. The van der Waals surface area contributed by atoms with E-state index >= 15 is 0 Å². The van der Waals surface area contributed by atoms with Gasteiger partial charge in [0.2, 0.25) is 0 Å². The van der Waals surface area contributed by atoms with E-state index in [0.29, 0.717) is 5.69 Å². The van der Waals surface area contributed by atoms with Crippen molar-refractivity contribution >= 4 is 17.4 Å². The number of nitrogens with one attached hydrogen (secondary N) is 2. The highest BCUT2D eigenvalue weighted by atomic mass is 16.2. The number of urea groups is 1. The average molecular weight is 233 g/mol. The quantitative estimate of drug-likeness (QED) is 0.700. The molecule has 1 saturated carbocycles. The van der Waals surface area contributed by atoms with E-state index in [2.05, 4.69) is 10.6 Å². The first-order chi connectivity index (χ1) is 8.13. The normalized spacial score (nSPS) is 16.3. The van der Waals surface area contributed by atoms with E-state index in [-0.39, 0.29) is 12.1 Å². The Morgan fingerprint density at radius 3 is 2.65 bits per heavy atom. The van der Waals surface area contributed by atoms with Crippen LogP contribution in [0.3, 0.4) is 0 Å². The van der Waals surface area contributed by atoms with E-state index in [0.717, 1.165) is 18.0 Å². The third kappa shape index (κ3) is 3.98. The lowest BCUT2D eigenvalue weighted by molar-refractivity contribution is 0.248. The van der Waals surface area contributed by atoms with Gasteiger partial charge < -0.3 is 16.4 Å². The molecule has 0 spiro atoms. The monoisotopic (exact) mass is 233 g/mol. The van der Waals surface area contributed by atoms with Crippen LogP contribution in [0.1, 0.15) is 26.2 Å². The predicted octanol–water partition coefficient (Wildman–Crippen LogP) is 2.58. The van der Waals surface area contributed by atoms with Crippen molar-refractivity contribution in [3.05, 3.63) is 24.3 Å². The molecule has 0 saturated heterocycles. The third-order valence-corrected chi connectivity index (χ3v) is 2.93. The molecule has 1 unspecified atom stereocenters. The Labute approximate surface area is 102 Å². The summed E-state index contributed by atoms with van der Waals surface area (Å²) < 4.78 is 0. The molecule has 4 N–H and O–H groups in total. The summed E-state index contributed by atoms with van der Waals surface area (Å²) in [6.07, 6.45) is 3.70. The molecule has 1 fully saturated rings. The van der Waals surface area contributed by atoms with Crippen LogP contribution in [-0.4, -0.2) is 12.1 Å². The molecule has 2 amide bonds. The van der Waals surface area contributed by atoms with Crippen LogP contribution in [0.5, 0.6) is 0 Å². The van der Waals surface area contributed by atoms with Crippen molar-refractivity contribution in [2.45, 2.75) is 32.2 Å². The zero-order valence-electron chi connectivity index (χ0n) is 10.1. The van der Waals surface area contributed by atoms with Gasteiger partial charge in [-0.05, 0) is 43.5 Å². The Morgan fingerprint density at radius 2 is 2.06 bits per heavy atom. The van der Waals surface area contributed by atoms with Crippen molar-refractivity contribution in [1.82, 2.24) is 5.32 Å². The van der Waals surface area contributed by atoms with Crippen LogP contribution in [0.4, 0.5) is 16.2 Å². The number of hydrogen-bond acceptors (Lipinski definition) is 2. The van der Waals surface area contributed by atoms with E-state index in [1.807, 2.05) is 6.92 Å². The van der Waals surface area contributed by atoms with Gasteiger partial charge in [-0.25, -0.2) is 4.79 Å². The highest BCUT2D eigenvalue weighted by molar-refractivity contribution is 5.89. The van der Waals surface area contributed by atoms with Gasteiger partial charge in [0.25, 0.3) is 0 Å². The number of carbonyl (C=O) groups is 1. The topological polar surface area (TPSA) is 67.2 Å². The molecule has 1 atom stereocenters. The lowest BCUT2D eigenvalue weighted by Gasteiger charge is -2.14. The van der Waals surface area contributed by atoms with E-state index in [4.69, 9.17) is 5.73 Å². The lowest BCUT2D eigenvalue weighted by Crippen LogP contribution is -2.36. The van der Waals surface area contributed by atoms with Gasteiger partial charge in [-0.1, -0.05) is 12.8 Å². The Bertz CT molecular complexity index is 384. The van der Waals surface area contributed by atoms with Gasteiger partial charge in [0.05, 0.1) is 0 Å². The molecule has 4 heteroatoms. The Morgan fingerprint density at radius 1 is 1.41 bits per heavy atom. The second kappa shape index (κ2) is 5.08. The molecule has 4 nitrogen and oxygen atoms in total. The van der Waals surface area contributed by atoms with Gasteiger partial charge >= 0.3 is 6.03 Å². The molecule has 0 aliphatic heterocycles. The highest BCUT2D eigenvalue weighted by Gasteiger charge is 2.24. The molecule has 2 rings (SSSR count). The van der Waals surface area contributed by atoms with Crippen LogP contribution in [0.15, 0.2) is 24.3 Å². The first-order valence-electron chi connectivity index (χ1n) is 6.06. The summed E-state index contributed by atoms with van der Waals surface area (Å²) in [4.78, 5) is 11.7. The maximum Gasteiger partial charge on any atom is 0.319 e. The maximum atomic E-state index is 11.7. The molecule has 0 bridgehead atoms. The van der Waals surface area contributed by atoms with Crippen molar-refractivity contribution in [2.75, 3.05) is 11.1 Å². The standard InChI is InChI=1S/C13H19N3O/c1-9(8-10-2-3-10)15-13(17)16-12-6-4-11(14)5-7-12/h4-7,9-10H,2-3,8,14H2,1H3,(H2,15,16,17). The summed E-state index contributed by atoms with van der Waals surface area (Å²) >= 11 is 0. The van der Waals surface area contributed by atoms with Crippen molar-refractivity contribution in [1.29, 1.82) is 0 Å². The summed E-state index contributed by atoms with van der Waals surface area (Å²) in [7, 11) is 0. The third-order valence-electron chi connectivity index (χ3n) is 2.93. The maximum absolute atomic E-state index is 11.7. The van der Waals surface area contributed by atoms with Gasteiger partial charge in [-0.15, -0.1) is 0 Å². The lowest BCUT2D eigenvalue weighted by atomic mass is 10.2. The minimum atomic E-state index is -0.150. The van der Waals surface area contributed by atoms with Gasteiger partial charge in [0.1, 0.15) is 0 Å². The number of hydrogen-bond donors (Lipinski definition) is 3. The number of nitrogens with two attached hydrogens (primary N) is 1. The van der Waals surface area contributed by atoms with E-state index in [1.165, 1.54) is 12.8 Å². The molecular weight excluding hydrogens is 214 g/mol. The van der Waals surface area contributed by atoms with Gasteiger partial charge in [0, 0.05) is 17.4 Å². The summed E-state index contributed by atoms with van der Waals surface area (Å²) in [5.41, 5.74) is 7.02. The van der Waals surface area contributed by atoms with E-state index in [9.17, 15) is 4.79 Å². The van der Waals surface area contributed by atoms with Crippen molar-refractivity contribution in [2.24, 2.45) is 5.92 Å². The molecular formula is C13H19N3O. The number of anilines is 2. The number of rotatable bonds is 4. The second-order valence-electron chi connectivity index (χ2n) is 4.80. The Kier molecular flexibility index (Phi) is 3.52. The van der Waals surface area contributed by atoms with Crippen LogP contribution in [0.2, 0.25) is 0 Å². The van der Waals surface area contributed by atoms with Crippen molar-refractivity contribution < 1.29 is 4.79 Å². The number of benzene rings is 1. The number of amides is 2. The molecule has 1 aromatic rings. The highest BCUT2D eigenvalue weighted by Crippen LogP contribution is 2.33. The second-order valence-corrected chi connectivity index (χ2v) is 4.80. The summed E-state index contributed by atoms with van der Waals surface area (Å²) in [6, 6.07) is 7.20. The average Bonchev–Trinajstić information content (AvgIpc) is 3.05. The summed E-state index contributed by atoms with van der Waals surface area (Å²) in [5.74, 6) is 0.821. The van der Waals surface area contributed by atoms with Crippen molar-refractivity contribution in [3.8, 4) is 0 Å². The Hall–Kier alpha value is -1.71. The zero-order valence-corrected chi connectivity index (χ0v) is 10.1. The van der Waals surface area contributed by atoms with Crippen LogP contribution >= 0.6 is 0 Å². The first kappa shape index (κ1) is 11.8. The first-order valence-corrected chi connectivity index (χ1v) is 6.06. The predicted molar refractivity (Wildman–Crippen MR) is 69.8 cm³/mol.